The van der Waals surface area contributed by atoms with E-state index < -0.39 is 0 Å². The zero-order chi connectivity index (χ0) is 15.5. The molecule has 0 spiro atoms. The number of benzene rings is 2. The Morgan fingerprint density at radius 1 is 1.14 bits per heavy atom. The molecule has 1 atom stereocenters. The van der Waals surface area contributed by atoms with Crippen LogP contribution in [0.25, 0.3) is 11.0 Å². The minimum Gasteiger partial charge on any atom is -0.323 e. The number of para-hydroxylation sites is 2. The first-order valence-corrected chi connectivity index (χ1v) is 7.54. The number of hydrogen-bond donors (Lipinski definition) is 1. The van der Waals surface area contributed by atoms with Gasteiger partial charge in [-0.25, -0.2) is 4.98 Å². The first kappa shape index (κ1) is 14.5. The van der Waals surface area contributed by atoms with Gasteiger partial charge in [0.05, 0.1) is 17.1 Å². The lowest BCUT2D eigenvalue weighted by Gasteiger charge is -2.15. The minimum absolute atomic E-state index is 0.130. The van der Waals surface area contributed by atoms with E-state index in [4.69, 9.17) is 10.7 Å². The van der Waals surface area contributed by atoms with Gasteiger partial charge in [0.25, 0.3) is 0 Å². The van der Waals surface area contributed by atoms with Crippen molar-refractivity contribution in [2.75, 3.05) is 0 Å². The van der Waals surface area contributed by atoms with E-state index in [-0.39, 0.29) is 6.04 Å². The number of allylic oxidation sites excluding steroid dienone is 1. The molecule has 2 N–H and O–H groups in total. The third kappa shape index (κ3) is 2.95. The summed E-state index contributed by atoms with van der Waals surface area (Å²) in [6, 6.07) is 18.3. The second kappa shape index (κ2) is 6.16. The molecule has 0 saturated carbocycles. The van der Waals surface area contributed by atoms with Gasteiger partial charge < -0.3 is 10.3 Å². The molecule has 0 bridgehead atoms. The number of nitrogens with two attached hydrogens (primary N) is 1. The highest BCUT2D eigenvalue weighted by molar-refractivity contribution is 5.76. The van der Waals surface area contributed by atoms with Crippen molar-refractivity contribution >= 4 is 11.0 Å². The summed E-state index contributed by atoms with van der Waals surface area (Å²) < 4.78 is 2.19. The Labute approximate surface area is 131 Å². The fourth-order valence-electron chi connectivity index (χ4n) is 2.77. The van der Waals surface area contributed by atoms with Crippen LogP contribution in [-0.4, -0.2) is 9.55 Å². The van der Waals surface area contributed by atoms with Gasteiger partial charge in [-0.15, -0.1) is 0 Å². The molecule has 0 aliphatic heterocycles. The summed E-state index contributed by atoms with van der Waals surface area (Å²) in [6.45, 7) is 6.81. The first-order valence-electron chi connectivity index (χ1n) is 7.54. The van der Waals surface area contributed by atoms with Crippen molar-refractivity contribution in [3.63, 3.8) is 0 Å². The molecule has 0 aliphatic rings. The summed E-state index contributed by atoms with van der Waals surface area (Å²) in [5.41, 5.74) is 10.9. The lowest BCUT2D eigenvalue weighted by molar-refractivity contribution is 0.616. The van der Waals surface area contributed by atoms with Gasteiger partial charge in [0.15, 0.2) is 0 Å². The van der Waals surface area contributed by atoms with Crippen LogP contribution in [0.4, 0.5) is 0 Å². The van der Waals surface area contributed by atoms with Gasteiger partial charge in [-0.1, -0.05) is 54.6 Å². The topological polar surface area (TPSA) is 43.8 Å². The quantitative estimate of drug-likeness (QED) is 0.725. The van der Waals surface area contributed by atoms with E-state index in [1.54, 1.807) is 0 Å². The van der Waals surface area contributed by atoms with Crippen LogP contribution >= 0.6 is 0 Å². The standard InChI is InChI=1S/C19H21N3/c1-14(2)13-22-18-11-7-6-10-17(18)21-19(22)16(20)12-15-8-4-3-5-9-15/h3-11,16H,1,12-13,20H2,2H3. The van der Waals surface area contributed by atoms with E-state index in [2.05, 4.69) is 29.3 Å². The van der Waals surface area contributed by atoms with Crippen LogP contribution in [0.1, 0.15) is 24.4 Å². The molecule has 3 rings (SSSR count). The molecule has 1 unspecified atom stereocenters. The van der Waals surface area contributed by atoms with Crippen molar-refractivity contribution in [2.45, 2.75) is 25.9 Å². The SMILES string of the molecule is C=C(C)Cn1c(C(N)Cc2ccccc2)nc2ccccc21. The first-order chi connectivity index (χ1) is 10.6. The summed E-state index contributed by atoms with van der Waals surface area (Å²) in [6.07, 6.45) is 0.778. The summed E-state index contributed by atoms with van der Waals surface area (Å²) in [5.74, 6) is 0.924. The predicted molar refractivity (Wildman–Crippen MR) is 91.6 cm³/mol. The average molecular weight is 291 g/mol. The Kier molecular flexibility index (Phi) is 4.07. The normalized spacial score (nSPS) is 12.5. The predicted octanol–water partition coefficient (Wildman–Crippen LogP) is 3.85. The fourth-order valence-corrected chi connectivity index (χ4v) is 2.77. The minimum atomic E-state index is -0.130. The number of fused-ring (bicyclic) bond motifs is 1. The van der Waals surface area contributed by atoms with Crippen LogP contribution in [0.5, 0.6) is 0 Å². The molecular weight excluding hydrogens is 270 g/mol. The summed E-state index contributed by atoms with van der Waals surface area (Å²) in [7, 11) is 0. The highest BCUT2D eigenvalue weighted by Gasteiger charge is 2.17. The molecule has 0 amide bonds. The maximum absolute atomic E-state index is 6.45. The van der Waals surface area contributed by atoms with Crippen molar-refractivity contribution in [3.8, 4) is 0 Å². The number of aromatic nitrogens is 2. The van der Waals surface area contributed by atoms with E-state index >= 15 is 0 Å². The summed E-state index contributed by atoms with van der Waals surface area (Å²) in [4.78, 5) is 4.76. The third-order valence-corrected chi connectivity index (χ3v) is 3.74. The molecule has 3 heteroatoms. The van der Waals surface area contributed by atoms with Crippen LogP contribution in [0.3, 0.4) is 0 Å². The van der Waals surface area contributed by atoms with Gasteiger partial charge in [-0.2, -0.15) is 0 Å². The Hall–Kier alpha value is -2.39. The second-order valence-electron chi connectivity index (χ2n) is 5.80. The molecular formula is C19H21N3. The number of rotatable bonds is 5. The Morgan fingerprint density at radius 3 is 2.55 bits per heavy atom. The third-order valence-electron chi connectivity index (χ3n) is 3.74. The molecule has 0 saturated heterocycles. The number of imidazole rings is 1. The maximum Gasteiger partial charge on any atom is 0.127 e. The fraction of sp³-hybridized carbons (Fsp3) is 0.211. The van der Waals surface area contributed by atoms with Crippen molar-refractivity contribution in [1.82, 2.24) is 9.55 Å². The lowest BCUT2D eigenvalue weighted by Crippen LogP contribution is -2.19. The van der Waals surface area contributed by atoms with Gasteiger partial charge in [-0.05, 0) is 31.0 Å². The zero-order valence-corrected chi connectivity index (χ0v) is 12.9. The molecule has 22 heavy (non-hydrogen) atoms. The van der Waals surface area contributed by atoms with Gasteiger partial charge in [0.2, 0.25) is 0 Å². The van der Waals surface area contributed by atoms with Crippen molar-refractivity contribution in [1.29, 1.82) is 0 Å². The average Bonchev–Trinajstić information content (AvgIpc) is 2.87. The van der Waals surface area contributed by atoms with Gasteiger partial charge >= 0.3 is 0 Å². The largest absolute Gasteiger partial charge is 0.323 e. The molecule has 0 fully saturated rings. The van der Waals surface area contributed by atoms with Crippen molar-refractivity contribution in [3.05, 3.63) is 78.1 Å². The van der Waals surface area contributed by atoms with Crippen LogP contribution < -0.4 is 5.73 Å². The highest BCUT2D eigenvalue weighted by Crippen LogP contribution is 2.23. The van der Waals surface area contributed by atoms with Crippen molar-refractivity contribution in [2.24, 2.45) is 5.73 Å². The highest BCUT2D eigenvalue weighted by atomic mass is 15.1. The lowest BCUT2D eigenvalue weighted by atomic mass is 10.1. The van der Waals surface area contributed by atoms with Crippen LogP contribution in [0.15, 0.2) is 66.7 Å². The summed E-state index contributed by atoms with van der Waals surface area (Å²) >= 11 is 0. The Balaban J connectivity index is 1.99. The Bertz CT molecular complexity index is 787. The Morgan fingerprint density at radius 2 is 1.82 bits per heavy atom. The van der Waals surface area contributed by atoms with Gasteiger partial charge in [-0.3, -0.25) is 0 Å². The van der Waals surface area contributed by atoms with E-state index in [0.29, 0.717) is 0 Å². The molecule has 0 aliphatic carbocycles. The molecule has 1 aromatic heterocycles. The van der Waals surface area contributed by atoms with Gasteiger partial charge in [0, 0.05) is 6.54 Å². The van der Waals surface area contributed by atoms with Crippen LogP contribution in [-0.2, 0) is 13.0 Å². The molecule has 3 aromatic rings. The number of hydrogen-bond acceptors (Lipinski definition) is 2. The molecule has 0 radical (unpaired) electrons. The van der Waals surface area contributed by atoms with Crippen LogP contribution in [0, 0.1) is 0 Å². The number of nitrogens with zero attached hydrogens (tertiary/aromatic N) is 2. The van der Waals surface area contributed by atoms with E-state index in [1.165, 1.54) is 5.56 Å². The van der Waals surface area contributed by atoms with Crippen LogP contribution in [0.2, 0.25) is 0 Å². The van der Waals surface area contributed by atoms with E-state index in [1.807, 2.05) is 43.3 Å². The van der Waals surface area contributed by atoms with Crippen molar-refractivity contribution < 1.29 is 0 Å². The van der Waals surface area contributed by atoms with E-state index in [9.17, 15) is 0 Å². The molecule has 3 nitrogen and oxygen atoms in total. The maximum atomic E-state index is 6.45. The molecule has 1 heterocycles. The monoisotopic (exact) mass is 291 g/mol. The smallest absolute Gasteiger partial charge is 0.127 e. The molecule has 112 valence electrons. The van der Waals surface area contributed by atoms with E-state index in [0.717, 1.165) is 35.4 Å². The second-order valence-corrected chi connectivity index (χ2v) is 5.80. The van der Waals surface area contributed by atoms with Gasteiger partial charge in [0.1, 0.15) is 5.82 Å². The molecule has 2 aromatic carbocycles. The summed E-state index contributed by atoms with van der Waals surface area (Å²) in [5, 5.41) is 0. The zero-order valence-electron chi connectivity index (χ0n) is 12.9.